The summed E-state index contributed by atoms with van der Waals surface area (Å²) >= 11 is 0. The topological polar surface area (TPSA) is 107 Å². The van der Waals surface area contributed by atoms with Gasteiger partial charge in [-0.3, -0.25) is 9.59 Å². The van der Waals surface area contributed by atoms with Crippen molar-refractivity contribution in [2.75, 3.05) is 26.0 Å². The number of alkyl halides is 3. The van der Waals surface area contributed by atoms with Crippen LogP contribution in [0.3, 0.4) is 0 Å². The maximum atomic E-state index is 15.2. The van der Waals surface area contributed by atoms with Crippen LogP contribution in [-0.2, 0) is 25.5 Å². The average Bonchev–Trinajstić information content (AvgIpc) is 3.64. The highest BCUT2D eigenvalue weighted by atomic mass is 32.2. The first-order valence-electron chi connectivity index (χ1n) is 11.1. The number of hydrogen-bond acceptors (Lipinski definition) is 5. The number of ether oxygens (including phenoxy) is 1. The predicted molar refractivity (Wildman–Crippen MR) is 120 cm³/mol. The molecule has 1 unspecified atom stereocenters. The van der Waals surface area contributed by atoms with E-state index in [9.17, 15) is 31.2 Å². The van der Waals surface area contributed by atoms with Gasteiger partial charge in [0.2, 0.25) is 5.91 Å². The molecule has 0 aromatic heterocycles. The Labute approximate surface area is 205 Å². The van der Waals surface area contributed by atoms with Crippen molar-refractivity contribution < 1.29 is 40.3 Å². The highest BCUT2D eigenvalue weighted by molar-refractivity contribution is 7.90. The number of carbonyl (C=O) groups excluding carboxylic acids is 2. The number of amides is 2. The molecule has 1 saturated carbocycles. The molecular weight excluding hydrogens is 504 g/mol. The number of halogens is 4. The van der Waals surface area contributed by atoms with Gasteiger partial charge in [-0.25, -0.2) is 12.8 Å². The van der Waals surface area contributed by atoms with Crippen molar-refractivity contribution in [1.29, 1.82) is 0 Å². The fourth-order valence-corrected chi connectivity index (χ4v) is 5.53. The van der Waals surface area contributed by atoms with Gasteiger partial charge in [-0.1, -0.05) is 12.1 Å². The van der Waals surface area contributed by atoms with Gasteiger partial charge in [-0.15, -0.1) is 0 Å². The molecule has 12 heteroatoms. The standard InChI is InChI=1S/C24H24F4N2O5S/c1-36(33,34)17-4-2-3-15(11-17)21(31)30-9-10-35-13-23(30,22(29)32)20(14-5-6-14)18-8-7-16(12-19(18)25)24(26,27)28/h2-4,7-8,11-12,14,20H,5-6,9-10,13H2,1H3,(H2,29,32)/t20-,23?/m1/s1. The van der Waals surface area contributed by atoms with Crippen molar-refractivity contribution in [2.24, 2.45) is 11.7 Å². The monoisotopic (exact) mass is 528 g/mol. The number of morpholine rings is 1. The molecule has 0 spiro atoms. The number of carbonyl (C=O) groups is 2. The van der Waals surface area contributed by atoms with Crippen molar-refractivity contribution in [3.63, 3.8) is 0 Å². The Morgan fingerprint density at radius 2 is 1.86 bits per heavy atom. The molecule has 1 aliphatic carbocycles. The summed E-state index contributed by atoms with van der Waals surface area (Å²) in [5, 5.41) is 0. The molecule has 2 aliphatic rings. The molecule has 1 heterocycles. The van der Waals surface area contributed by atoms with E-state index in [4.69, 9.17) is 10.5 Å². The van der Waals surface area contributed by atoms with Gasteiger partial charge in [-0.05, 0) is 54.7 Å². The molecular formula is C24H24F4N2O5S. The minimum Gasteiger partial charge on any atom is -0.377 e. The number of nitrogens with zero attached hydrogens (tertiary/aromatic N) is 1. The fraction of sp³-hybridized carbons (Fsp3) is 0.417. The molecule has 2 atom stereocenters. The van der Waals surface area contributed by atoms with Crippen LogP contribution >= 0.6 is 0 Å². The van der Waals surface area contributed by atoms with E-state index in [1.807, 2.05) is 0 Å². The molecule has 0 bridgehead atoms. The zero-order valence-electron chi connectivity index (χ0n) is 19.2. The van der Waals surface area contributed by atoms with Gasteiger partial charge >= 0.3 is 6.18 Å². The Balaban J connectivity index is 1.84. The van der Waals surface area contributed by atoms with Crippen molar-refractivity contribution in [3.8, 4) is 0 Å². The first-order chi connectivity index (χ1) is 16.8. The number of primary amides is 1. The Bertz CT molecular complexity index is 1310. The first-order valence-corrected chi connectivity index (χ1v) is 13.0. The molecule has 1 saturated heterocycles. The van der Waals surface area contributed by atoms with E-state index in [-0.39, 0.29) is 41.7 Å². The molecule has 4 rings (SSSR count). The van der Waals surface area contributed by atoms with Crippen LogP contribution in [0, 0.1) is 11.7 Å². The van der Waals surface area contributed by atoms with Crippen LogP contribution in [-0.4, -0.2) is 56.7 Å². The Morgan fingerprint density at radius 3 is 2.42 bits per heavy atom. The van der Waals surface area contributed by atoms with E-state index in [1.54, 1.807) is 0 Å². The van der Waals surface area contributed by atoms with Crippen LogP contribution in [0.1, 0.15) is 40.2 Å². The Kier molecular flexibility index (Phi) is 6.63. The molecule has 194 valence electrons. The van der Waals surface area contributed by atoms with Crippen LogP contribution in [0.25, 0.3) is 0 Å². The quantitative estimate of drug-likeness (QED) is 0.580. The molecule has 0 radical (unpaired) electrons. The van der Waals surface area contributed by atoms with Crippen molar-refractivity contribution in [2.45, 2.75) is 35.4 Å². The Hall–Kier alpha value is -2.99. The summed E-state index contributed by atoms with van der Waals surface area (Å²) in [5.74, 6) is -4.28. The summed E-state index contributed by atoms with van der Waals surface area (Å²) in [6, 6.07) is 7.32. The van der Waals surface area contributed by atoms with E-state index < -0.39 is 50.7 Å². The SMILES string of the molecule is CS(=O)(=O)c1cccc(C(=O)N2CCOCC2(C(N)=O)[C@@H](c2ccc(C(F)(F)F)cc2F)C2CC2)c1. The lowest BCUT2D eigenvalue weighted by Crippen LogP contribution is -2.68. The summed E-state index contributed by atoms with van der Waals surface area (Å²) in [5.41, 5.74) is 2.56. The van der Waals surface area contributed by atoms with Gasteiger partial charge in [0.1, 0.15) is 5.82 Å². The minimum absolute atomic E-state index is 0.0272. The lowest BCUT2D eigenvalue weighted by molar-refractivity contribution is -0.143. The van der Waals surface area contributed by atoms with E-state index in [2.05, 4.69) is 0 Å². The number of nitrogens with two attached hydrogens (primary N) is 1. The highest BCUT2D eigenvalue weighted by Crippen LogP contribution is 2.52. The lowest BCUT2D eigenvalue weighted by Gasteiger charge is -2.49. The fourth-order valence-electron chi connectivity index (χ4n) is 4.86. The smallest absolute Gasteiger partial charge is 0.377 e. The molecule has 7 nitrogen and oxygen atoms in total. The molecule has 2 aromatic rings. The van der Waals surface area contributed by atoms with Gasteiger partial charge < -0.3 is 15.4 Å². The summed E-state index contributed by atoms with van der Waals surface area (Å²) in [6.07, 6.45) is -2.69. The molecule has 36 heavy (non-hydrogen) atoms. The van der Waals surface area contributed by atoms with Crippen LogP contribution in [0.2, 0.25) is 0 Å². The second-order valence-electron chi connectivity index (χ2n) is 9.15. The summed E-state index contributed by atoms with van der Waals surface area (Å²) in [4.78, 5) is 27.8. The number of benzene rings is 2. The zero-order valence-corrected chi connectivity index (χ0v) is 20.0. The third kappa shape index (κ3) is 4.71. The number of rotatable bonds is 6. The molecule has 1 aliphatic heterocycles. The Morgan fingerprint density at radius 1 is 1.17 bits per heavy atom. The molecule has 2 amide bonds. The average molecular weight is 529 g/mol. The first kappa shape index (κ1) is 26.1. The van der Waals surface area contributed by atoms with Gasteiger partial charge in [0, 0.05) is 24.3 Å². The minimum atomic E-state index is -4.77. The maximum Gasteiger partial charge on any atom is 0.416 e. The van der Waals surface area contributed by atoms with Crippen LogP contribution in [0.4, 0.5) is 17.6 Å². The third-order valence-electron chi connectivity index (χ3n) is 6.71. The second kappa shape index (κ2) is 9.15. The maximum absolute atomic E-state index is 15.2. The molecule has 2 N–H and O–H groups in total. The summed E-state index contributed by atoms with van der Waals surface area (Å²) in [7, 11) is -3.65. The molecule has 2 aromatic carbocycles. The molecule has 2 fully saturated rings. The number of sulfone groups is 1. The second-order valence-corrected chi connectivity index (χ2v) is 11.2. The number of hydrogen-bond donors (Lipinski definition) is 1. The lowest BCUT2D eigenvalue weighted by atomic mass is 9.73. The van der Waals surface area contributed by atoms with E-state index in [0.29, 0.717) is 18.9 Å². The van der Waals surface area contributed by atoms with Gasteiger partial charge in [0.15, 0.2) is 15.4 Å². The largest absolute Gasteiger partial charge is 0.416 e. The van der Waals surface area contributed by atoms with Crippen molar-refractivity contribution in [1.82, 2.24) is 4.90 Å². The highest BCUT2D eigenvalue weighted by Gasteiger charge is 2.58. The van der Waals surface area contributed by atoms with Gasteiger partial charge in [0.05, 0.1) is 23.7 Å². The predicted octanol–water partition coefficient (Wildman–Crippen LogP) is 3.14. The van der Waals surface area contributed by atoms with Gasteiger partial charge in [-0.2, -0.15) is 13.2 Å². The van der Waals surface area contributed by atoms with Crippen molar-refractivity contribution in [3.05, 3.63) is 65.0 Å². The van der Waals surface area contributed by atoms with E-state index in [1.165, 1.54) is 24.3 Å². The summed E-state index contributed by atoms with van der Waals surface area (Å²) in [6.45, 7) is -0.475. The van der Waals surface area contributed by atoms with Crippen molar-refractivity contribution >= 4 is 21.7 Å². The zero-order chi connectivity index (χ0) is 26.5. The van der Waals surface area contributed by atoms with Crippen LogP contribution < -0.4 is 5.73 Å². The summed E-state index contributed by atoms with van der Waals surface area (Å²) < 4.78 is 84.2. The third-order valence-corrected chi connectivity index (χ3v) is 7.82. The van der Waals surface area contributed by atoms with E-state index >= 15 is 4.39 Å². The van der Waals surface area contributed by atoms with E-state index in [0.717, 1.165) is 23.3 Å². The van der Waals surface area contributed by atoms with Crippen LogP contribution in [0.5, 0.6) is 0 Å². The van der Waals surface area contributed by atoms with Crippen LogP contribution in [0.15, 0.2) is 47.4 Å². The van der Waals surface area contributed by atoms with Gasteiger partial charge in [0.25, 0.3) is 5.91 Å². The normalized spacial score (nSPS) is 21.8.